The first-order valence-corrected chi connectivity index (χ1v) is 26.9. The van der Waals surface area contributed by atoms with Gasteiger partial charge in [-0.1, -0.05) is 158 Å². The maximum absolute atomic E-state index is 4.93. The molecule has 1 aliphatic heterocycles. The maximum Gasteiger partial charge on any atom is 0.0920 e. The van der Waals surface area contributed by atoms with Crippen molar-refractivity contribution in [1.82, 2.24) is 0 Å². The van der Waals surface area contributed by atoms with Crippen LogP contribution >= 0.6 is 17.0 Å². The van der Waals surface area contributed by atoms with Crippen molar-refractivity contribution in [3.63, 3.8) is 0 Å². The van der Waals surface area contributed by atoms with Gasteiger partial charge in [0.1, 0.15) is 0 Å². The van der Waals surface area contributed by atoms with Crippen molar-refractivity contribution in [1.29, 1.82) is 0 Å². The van der Waals surface area contributed by atoms with Crippen LogP contribution in [-0.2, 0) is 20.8 Å². The van der Waals surface area contributed by atoms with Crippen LogP contribution in [-0.4, -0.2) is 9.52 Å². The van der Waals surface area contributed by atoms with Crippen molar-refractivity contribution < 1.29 is 20.8 Å². The van der Waals surface area contributed by atoms with Gasteiger partial charge in [-0.05, 0) is 36.8 Å². The predicted molar refractivity (Wildman–Crippen MR) is 244 cm³/mol. The van der Waals surface area contributed by atoms with Crippen LogP contribution in [0.1, 0.15) is 74.6 Å². The van der Waals surface area contributed by atoms with Gasteiger partial charge in [0.25, 0.3) is 0 Å². The summed E-state index contributed by atoms with van der Waals surface area (Å²) in [5.74, 6) is 1.26. The Hall–Kier alpha value is -3.78. The minimum Gasteiger partial charge on any atom is -0.184 e. The normalized spacial score (nSPS) is 12.2. The number of fused-ring (bicyclic) bond motifs is 5. The number of hydrogen-bond donors (Lipinski definition) is 0. The van der Waals surface area contributed by atoms with E-state index < -0.39 is 20.8 Å². The van der Waals surface area contributed by atoms with Gasteiger partial charge in [-0.3, -0.25) is 0 Å². The molecule has 0 fully saturated rings. The van der Waals surface area contributed by atoms with E-state index in [0.717, 1.165) is 9.52 Å². The Morgan fingerprint density at radius 3 is 1.52 bits per heavy atom. The molecule has 2 radical (unpaired) electrons. The fourth-order valence-corrected chi connectivity index (χ4v) is 8.88. The molecule has 8 aromatic carbocycles. The molecule has 0 aromatic heterocycles. The number of halogens is 2. The summed E-state index contributed by atoms with van der Waals surface area (Å²) in [5, 5.41) is 8.34. The van der Waals surface area contributed by atoms with E-state index >= 15 is 0 Å². The van der Waals surface area contributed by atoms with Gasteiger partial charge < -0.3 is 0 Å². The van der Waals surface area contributed by atoms with Gasteiger partial charge in [-0.2, -0.15) is 41.6 Å². The van der Waals surface area contributed by atoms with Crippen LogP contribution in [0.25, 0.3) is 54.9 Å². The standard InChI is InChI=1S/2C20H21.C12H7Si.2ClH.Zr/c2*1-4-14(2)18-12-17-11-10-15(3)20(19(17)13-18)16-8-6-5-7-9-16;1-3-7-11-9(5-1)10-6-2-4-8-12(10)13-11;;;/h2*5-14H,4H2,1-3H3;1-7H;2*1H;/q3*-1;;;+2/p-2. The zero-order valence-corrected chi connectivity index (χ0v) is 38.2. The van der Waals surface area contributed by atoms with Crippen molar-refractivity contribution >= 4 is 58.5 Å². The first-order chi connectivity index (χ1) is 27.3. The quantitative estimate of drug-likeness (QED) is 0.115. The summed E-state index contributed by atoms with van der Waals surface area (Å²) < 4.78 is 0. The molecule has 1 aliphatic rings. The Morgan fingerprint density at radius 1 is 0.589 bits per heavy atom. The molecule has 0 bridgehead atoms. The Morgan fingerprint density at radius 2 is 1.04 bits per heavy atom. The fourth-order valence-electron chi connectivity index (χ4n) is 7.57. The van der Waals surface area contributed by atoms with Crippen LogP contribution in [0.15, 0.2) is 152 Å². The van der Waals surface area contributed by atoms with Gasteiger partial charge in [0, 0.05) is 0 Å². The molecule has 0 nitrogen and oxygen atoms in total. The van der Waals surface area contributed by atoms with Crippen molar-refractivity contribution in [3.05, 3.63) is 180 Å². The first kappa shape index (κ1) is 41.8. The first-order valence-electron chi connectivity index (χ1n) is 19.6. The van der Waals surface area contributed by atoms with Gasteiger partial charge >= 0.3 is 37.9 Å². The average Bonchev–Trinajstić information content (AvgIpc) is 3.97. The minimum absolute atomic E-state index is 0.631. The molecular weight excluding hydrogens is 815 g/mol. The van der Waals surface area contributed by atoms with E-state index in [-0.39, 0.29) is 0 Å². The van der Waals surface area contributed by atoms with Crippen LogP contribution in [0.2, 0.25) is 0 Å². The molecule has 0 saturated heterocycles. The Balaban J connectivity index is 0.000000140. The molecule has 2 atom stereocenters. The predicted octanol–water partition coefficient (Wildman–Crippen LogP) is 14.6. The Bertz CT molecular complexity index is 2300. The molecule has 0 N–H and O–H groups in total. The minimum atomic E-state index is -0.826. The Kier molecular flexibility index (Phi) is 15.0. The zero-order valence-electron chi connectivity index (χ0n) is 33.3. The molecule has 0 aliphatic carbocycles. The topological polar surface area (TPSA) is 0 Å². The number of hydrogen-bond acceptors (Lipinski definition) is 0. The second-order valence-corrected chi connectivity index (χ2v) is 19.7. The summed E-state index contributed by atoms with van der Waals surface area (Å²) in [6, 6.07) is 58.1. The average molecular weight is 864 g/mol. The fraction of sp³-hybridized carbons (Fsp3) is 0.192. The molecule has 0 spiro atoms. The van der Waals surface area contributed by atoms with Crippen molar-refractivity contribution in [2.45, 2.75) is 66.2 Å². The maximum atomic E-state index is 4.93. The third-order valence-corrected chi connectivity index (χ3v) is 12.4. The van der Waals surface area contributed by atoms with E-state index in [1.807, 2.05) is 6.07 Å². The van der Waals surface area contributed by atoms with E-state index in [4.69, 9.17) is 17.0 Å². The third kappa shape index (κ3) is 9.66. The van der Waals surface area contributed by atoms with E-state index in [1.165, 1.54) is 100 Å². The molecule has 9 rings (SSSR count). The number of aryl methyl sites for hydroxylation is 2. The van der Waals surface area contributed by atoms with Gasteiger partial charge in [0.2, 0.25) is 0 Å². The summed E-state index contributed by atoms with van der Waals surface area (Å²) >= 11 is -0.826. The third-order valence-electron chi connectivity index (χ3n) is 11.1. The molecule has 0 amide bonds. The van der Waals surface area contributed by atoms with Gasteiger partial charge in [0.15, 0.2) is 0 Å². The number of benzene rings is 6. The van der Waals surface area contributed by atoms with Crippen LogP contribution in [0, 0.1) is 19.9 Å². The summed E-state index contributed by atoms with van der Waals surface area (Å²) in [7, 11) is 10.7. The molecule has 2 unspecified atom stereocenters. The summed E-state index contributed by atoms with van der Waals surface area (Å²) in [6.07, 6.45) is 2.38. The SMILES string of the molecule is CCC(C)c1cc2c(-c3ccccc3)c(C)ccc2[cH-]1.CCC(C)c1cc2c(-c3ccccc3)c(C)ccc2[cH-]1.[Cl][Zr][Cl].[c-]1cccc2c1[Si]c1ccccc1-2. The largest absolute Gasteiger partial charge is 0.184 e. The molecule has 282 valence electrons. The van der Waals surface area contributed by atoms with Crippen LogP contribution in [0.5, 0.6) is 0 Å². The molecule has 8 aromatic rings. The number of rotatable bonds is 6. The second kappa shape index (κ2) is 20.1. The van der Waals surface area contributed by atoms with Crippen molar-refractivity contribution in [2.24, 2.45) is 0 Å². The molecule has 1 heterocycles. The van der Waals surface area contributed by atoms with E-state index in [1.54, 1.807) is 0 Å². The van der Waals surface area contributed by atoms with Gasteiger partial charge in [-0.15, -0.1) is 74.6 Å². The van der Waals surface area contributed by atoms with Crippen molar-refractivity contribution in [3.8, 4) is 33.4 Å². The van der Waals surface area contributed by atoms with Crippen LogP contribution in [0.4, 0.5) is 0 Å². The Labute approximate surface area is 356 Å². The molecule has 0 saturated carbocycles. The van der Waals surface area contributed by atoms with Crippen molar-refractivity contribution in [2.75, 3.05) is 0 Å². The van der Waals surface area contributed by atoms with Gasteiger partial charge in [-0.25, -0.2) is 0 Å². The molecule has 4 heteroatoms. The smallest absolute Gasteiger partial charge is 0.0920 e. The summed E-state index contributed by atoms with van der Waals surface area (Å²) in [4.78, 5) is 0. The van der Waals surface area contributed by atoms with Crippen LogP contribution < -0.4 is 10.4 Å². The van der Waals surface area contributed by atoms with Gasteiger partial charge in [0.05, 0.1) is 9.52 Å². The monoisotopic (exact) mass is 861 g/mol. The summed E-state index contributed by atoms with van der Waals surface area (Å²) in [5.41, 5.74) is 13.8. The van der Waals surface area contributed by atoms with E-state index in [2.05, 4.69) is 193 Å². The molecular formula is C52H49Cl2SiZr-3. The molecule has 56 heavy (non-hydrogen) atoms. The van der Waals surface area contributed by atoms with Crippen LogP contribution in [0.3, 0.4) is 0 Å². The summed E-state index contributed by atoms with van der Waals surface area (Å²) in [6.45, 7) is 13.5. The zero-order chi connectivity index (χ0) is 39.6. The van der Waals surface area contributed by atoms with E-state index in [0.29, 0.717) is 11.8 Å². The van der Waals surface area contributed by atoms with E-state index in [9.17, 15) is 0 Å². The second-order valence-electron chi connectivity index (χ2n) is 14.6.